The first-order chi connectivity index (χ1) is 15.6. The number of aryl methyl sites for hydroxylation is 1. The molecule has 2 aromatic heterocycles. The largest absolute Gasteiger partial charge is 0.471 e. The van der Waals surface area contributed by atoms with Crippen molar-refractivity contribution in [2.24, 2.45) is 0 Å². The summed E-state index contributed by atoms with van der Waals surface area (Å²) in [5.41, 5.74) is 2.13. The van der Waals surface area contributed by atoms with Gasteiger partial charge in [0.15, 0.2) is 13.5 Å². The molecular weight excluding hydrogens is 430 g/mol. The summed E-state index contributed by atoms with van der Waals surface area (Å²) in [7, 11) is 0. The van der Waals surface area contributed by atoms with Crippen molar-refractivity contribution in [3.05, 3.63) is 89.5 Å². The zero-order chi connectivity index (χ0) is 22.3. The monoisotopic (exact) mass is 451 g/mol. The molecule has 2 aromatic carbocycles. The lowest BCUT2D eigenvalue weighted by atomic mass is 10.2. The van der Waals surface area contributed by atoms with Gasteiger partial charge in [-0.05, 0) is 42.3 Å². The molecule has 9 heteroatoms. The number of hydrogen-bond acceptors (Lipinski definition) is 5. The number of nitrogens with one attached hydrogen (secondary N) is 1. The number of para-hydroxylation sites is 1. The molecule has 0 bridgehead atoms. The summed E-state index contributed by atoms with van der Waals surface area (Å²) >= 11 is 6.10. The van der Waals surface area contributed by atoms with Crippen molar-refractivity contribution in [3.8, 4) is 11.5 Å². The Morgan fingerprint density at radius 2 is 1.84 bits per heavy atom. The summed E-state index contributed by atoms with van der Waals surface area (Å²) < 4.78 is 14.5. The second-order valence-corrected chi connectivity index (χ2v) is 7.32. The molecule has 4 rings (SSSR count). The van der Waals surface area contributed by atoms with E-state index in [-0.39, 0.29) is 19.4 Å². The molecule has 4 aromatic rings. The summed E-state index contributed by atoms with van der Waals surface area (Å²) in [6, 6.07) is 16.6. The third kappa shape index (κ3) is 5.28. The van der Waals surface area contributed by atoms with Crippen molar-refractivity contribution < 1.29 is 14.3 Å². The van der Waals surface area contributed by atoms with Crippen molar-refractivity contribution in [3.63, 3.8) is 0 Å². The van der Waals surface area contributed by atoms with Gasteiger partial charge in [-0.2, -0.15) is 10.2 Å². The Morgan fingerprint density at radius 3 is 2.62 bits per heavy atom. The molecule has 0 aliphatic carbocycles. The molecule has 0 aliphatic rings. The topological polar surface area (TPSA) is 83.2 Å². The number of ether oxygens (including phenoxy) is 2. The first kappa shape index (κ1) is 21.5. The minimum absolute atomic E-state index is 0.0450. The molecule has 0 aliphatic heterocycles. The zero-order valence-electron chi connectivity index (χ0n) is 17.4. The van der Waals surface area contributed by atoms with E-state index in [1.165, 1.54) is 16.4 Å². The van der Waals surface area contributed by atoms with Crippen LogP contribution < -0.4 is 14.8 Å². The number of hydrogen-bond donors (Lipinski definition) is 1. The van der Waals surface area contributed by atoms with E-state index in [1.54, 1.807) is 35.3 Å². The maximum Gasteiger partial charge on any atom is 0.274 e. The Morgan fingerprint density at radius 1 is 1.03 bits per heavy atom. The third-order valence-corrected chi connectivity index (χ3v) is 5.03. The lowest BCUT2D eigenvalue weighted by Crippen LogP contribution is -2.19. The van der Waals surface area contributed by atoms with E-state index in [2.05, 4.69) is 22.4 Å². The summed E-state index contributed by atoms with van der Waals surface area (Å²) in [6.45, 7) is 2.38. The smallest absolute Gasteiger partial charge is 0.274 e. The summed E-state index contributed by atoms with van der Waals surface area (Å²) in [6.07, 6.45) is 5.77. The van der Waals surface area contributed by atoms with Gasteiger partial charge in [0.2, 0.25) is 0 Å². The number of carbonyl (C=O) groups excluding carboxylic acids is 1. The van der Waals surface area contributed by atoms with Gasteiger partial charge in [0.25, 0.3) is 5.91 Å². The van der Waals surface area contributed by atoms with Crippen LogP contribution in [-0.2, 0) is 19.9 Å². The normalized spacial score (nSPS) is 10.7. The number of rotatable bonds is 9. The molecule has 1 amide bonds. The van der Waals surface area contributed by atoms with Crippen LogP contribution in [0, 0.1) is 0 Å². The van der Waals surface area contributed by atoms with Crippen LogP contribution in [0.2, 0.25) is 5.02 Å². The van der Waals surface area contributed by atoms with Crippen molar-refractivity contribution in [2.75, 3.05) is 5.32 Å². The van der Waals surface area contributed by atoms with Gasteiger partial charge < -0.3 is 14.8 Å². The minimum atomic E-state index is -0.333. The number of nitrogens with zero attached hydrogens (tertiary/aromatic N) is 4. The van der Waals surface area contributed by atoms with Crippen molar-refractivity contribution in [2.45, 2.75) is 26.8 Å². The average Bonchev–Trinajstić information content (AvgIpc) is 3.47. The summed E-state index contributed by atoms with van der Waals surface area (Å²) in [5, 5.41) is 11.7. The average molecular weight is 452 g/mol. The Hall–Kier alpha value is -3.78. The molecule has 0 radical (unpaired) electrons. The van der Waals surface area contributed by atoms with Gasteiger partial charge in [0.1, 0.15) is 17.2 Å². The van der Waals surface area contributed by atoms with Gasteiger partial charge in [0, 0.05) is 6.20 Å². The standard InChI is InChI=1S/C23H22ClN5O3/c1-2-17-7-9-19(10-8-17)31-15-28-14-18(13-26-28)27-23(30)21-11-12-25-29(21)16-32-22-6-4-3-5-20(22)24/h3-14H,2,15-16H2,1H3,(H,27,30). The Balaban J connectivity index is 1.33. The van der Waals surface area contributed by atoms with E-state index in [1.807, 2.05) is 36.4 Å². The lowest BCUT2D eigenvalue weighted by molar-refractivity contribution is 0.100. The van der Waals surface area contributed by atoms with Crippen molar-refractivity contribution in [1.82, 2.24) is 19.6 Å². The highest BCUT2D eigenvalue weighted by Crippen LogP contribution is 2.23. The van der Waals surface area contributed by atoms with Gasteiger partial charge in [-0.1, -0.05) is 42.8 Å². The minimum Gasteiger partial charge on any atom is -0.471 e. The van der Waals surface area contributed by atoms with Crippen molar-refractivity contribution in [1.29, 1.82) is 0 Å². The fourth-order valence-corrected chi connectivity index (χ4v) is 3.17. The summed E-state index contributed by atoms with van der Waals surface area (Å²) in [5.74, 6) is 0.938. The fraction of sp³-hybridized carbons (Fsp3) is 0.174. The Bertz CT molecular complexity index is 1190. The number of amides is 1. The number of benzene rings is 2. The van der Waals surface area contributed by atoms with E-state index < -0.39 is 0 Å². The molecule has 164 valence electrons. The highest BCUT2D eigenvalue weighted by Gasteiger charge is 2.14. The third-order valence-electron chi connectivity index (χ3n) is 4.71. The van der Waals surface area contributed by atoms with Crippen LogP contribution in [0.1, 0.15) is 23.0 Å². The van der Waals surface area contributed by atoms with Crippen LogP contribution in [0.5, 0.6) is 11.5 Å². The van der Waals surface area contributed by atoms with Crippen molar-refractivity contribution >= 4 is 23.2 Å². The van der Waals surface area contributed by atoms with Crippen LogP contribution in [0.25, 0.3) is 0 Å². The Kier molecular flexibility index (Phi) is 6.72. The van der Waals surface area contributed by atoms with Gasteiger partial charge in [-0.25, -0.2) is 9.36 Å². The zero-order valence-corrected chi connectivity index (χ0v) is 18.2. The predicted molar refractivity (Wildman–Crippen MR) is 121 cm³/mol. The predicted octanol–water partition coefficient (Wildman–Crippen LogP) is 4.62. The molecule has 0 fully saturated rings. The van der Waals surface area contributed by atoms with Gasteiger partial charge in [0.05, 0.1) is 23.1 Å². The number of anilines is 1. The molecular formula is C23H22ClN5O3. The molecule has 32 heavy (non-hydrogen) atoms. The summed E-state index contributed by atoms with van der Waals surface area (Å²) in [4.78, 5) is 12.7. The molecule has 1 N–H and O–H groups in total. The van der Waals surface area contributed by atoms with Gasteiger partial charge in [-0.15, -0.1) is 0 Å². The fourth-order valence-electron chi connectivity index (χ4n) is 2.98. The molecule has 0 atom stereocenters. The van der Waals surface area contributed by atoms with Gasteiger partial charge in [-0.3, -0.25) is 4.79 Å². The molecule has 2 heterocycles. The van der Waals surface area contributed by atoms with Crippen LogP contribution in [-0.4, -0.2) is 25.5 Å². The molecule has 0 unspecified atom stereocenters. The van der Waals surface area contributed by atoms with Crippen LogP contribution >= 0.6 is 11.6 Å². The maximum absolute atomic E-state index is 12.7. The van der Waals surface area contributed by atoms with E-state index in [0.29, 0.717) is 22.2 Å². The van der Waals surface area contributed by atoms with Gasteiger partial charge >= 0.3 is 0 Å². The maximum atomic E-state index is 12.7. The SMILES string of the molecule is CCc1ccc(OCn2cc(NC(=O)c3ccnn3COc3ccccc3Cl)cn2)cc1. The van der Waals surface area contributed by atoms with E-state index in [9.17, 15) is 4.79 Å². The number of halogens is 1. The highest BCUT2D eigenvalue weighted by molar-refractivity contribution is 6.32. The molecule has 8 nitrogen and oxygen atoms in total. The molecule has 0 saturated carbocycles. The molecule has 0 saturated heterocycles. The second-order valence-electron chi connectivity index (χ2n) is 6.91. The quantitative estimate of drug-likeness (QED) is 0.401. The first-order valence-corrected chi connectivity index (χ1v) is 10.4. The lowest BCUT2D eigenvalue weighted by Gasteiger charge is -2.10. The van der Waals surface area contributed by atoms with E-state index in [4.69, 9.17) is 21.1 Å². The van der Waals surface area contributed by atoms with E-state index in [0.717, 1.165) is 12.2 Å². The van der Waals surface area contributed by atoms with Crippen LogP contribution in [0.15, 0.2) is 73.2 Å². The second kappa shape index (κ2) is 10.0. The van der Waals surface area contributed by atoms with Crippen LogP contribution in [0.4, 0.5) is 5.69 Å². The highest BCUT2D eigenvalue weighted by atomic mass is 35.5. The molecule has 0 spiro atoms. The number of aromatic nitrogens is 4. The Labute approximate surface area is 190 Å². The number of carbonyl (C=O) groups is 1. The first-order valence-electron chi connectivity index (χ1n) is 10.1. The van der Waals surface area contributed by atoms with E-state index >= 15 is 0 Å². The van der Waals surface area contributed by atoms with Crippen LogP contribution in [0.3, 0.4) is 0 Å².